The molecule has 0 amide bonds. The molecule has 1 aliphatic rings. The second kappa shape index (κ2) is 5.43. The lowest BCUT2D eigenvalue weighted by Crippen LogP contribution is -2.21. The van der Waals surface area contributed by atoms with Gasteiger partial charge in [-0.3, -0.25) is 20.1 Å². The van der Waals surface area contributed by atoms with Crippen LogP contribution in [0.1, 0.15) is 13.8 Å². The quantitative estimate of drug-likeness (QED) is 0.417. The summed E-state index contributed by atoms with van der Waals surface area (Å²) in [6, 6.07) is 4.53. The highest BCUT2D eigenvalue weighted by Crippen LogP contribution is 2.12. The molecular weight excluding hydrogens is 230 g/mol. The first-order valence-electron chi connectivity index (χ1n) is 4.22. The van der Waals surface area contributed by atoms with Crippen molar-refractivity contribution in [2.24, 2.45) is 9.98 Å². The Hall–Kier alpha value is -1.90. The molecule has 17 heavy (non-hydrogen) atoms. The Balaban J connectivity index is 0. The first-order valence-corrected chi connectivity index (χ1v) is 4.22. The monoisotopic (exact) mass is 245 g/mol. The largest absolute Gasteiger partial charge is 0.412 e. The molecule has 0 bridgehead atoms. The summed E-state index contributed by atoms with van der Waals surface area (Å²) in [5, 5.41) is 11.8. The molecule has 0 aliphatic carbocycles. The van der Waals surface area contributed by atoms with Gasteiger partial charge in [0.15, 0.2) is 0 Å². The third kappa shape index (κ3) is 3.28. The zero-order valence-corrected chi connectivity index (χ0v) is 9.39. The minimum absolute atomic E-state index is 0. The average molecular weight is 245 g/mol. The van der Waals surface area contributed by atoms with Gasteiger partial charge in [0.2, 0.25) is 0 Å². The molecule has 0 saturated carbocycles. The predicted molar refractivity (Wildman–Crippen MR) is 60.3 cm³/mol. The Labute approximate surface area is 96.4 Å². The van der Waals surface area contributed by atoms with Crippen molar-refractivity contribution in [3.05, 3.63) is 39.0 Å². The van der Waals surface area contributed by atoms with Crippen molar-refractivity contribution in [1.82, 2.24) is 0 Å². The van der Waals surface area contributed by atoms with Gasteiger partial charge in [0.05, 0.1) is 15.6 Å². The summed E-state index contributed by atoms with van der Waals surface area (Å²) in [4.78, 5) is 18.6. The summed E-state index contributed by atoms with van der Waals surface area (Å²) in [5.41, 5.74) is -0.433. The molecule has 0 saturated heterocycles. The summed E-state index contributed by atoms with van der Waals surface area (Å²) < 4.78 is 0. The first kappa shape index (κ1) is 17.5. The van der Waals surface area contributed by atoms with E-state index in [0.29, 0.717) is 5.36 Å². The maximum Gasteiger partial charge on any atom is 0.271 e. The topological polar surface area (TPSA) is 162 Å². The number of non-ortho nitro benzene ring substituents is 1. The van der Waals surface area contributed by atoms with Gasteiger partial charge >= 0.3 is 0 Å². The van der Waals surface area contributed by atoms with Gasteiger partial charge in [0.1, 0.15) is 5.66 Å². The fraction of sp³-hybridized carbons (Fsp3) is 0.333. The van der Waals surface area contributed by atoms with Crippen molar-refractivity contribution >= 4 is 5.69 Å². The Bertz CT molecular complexity index is 526. The number of benzene rings is 1. The predicted octanol–water partition coefficient (Wildman–Crippen LogP) is -1.89. The minimum Gasteiger partial charge on any atom is -0.412 e. The van der Waals surface area contributed by atoms with Crippen LogP contribution < -0.4 is 10.7 Å². The zero-order valence-electron chi connectivity index (χ0n) is 9.39. The lowest BCUT2D eigenvalue weighted by Gasteiger charge is -2.06. The van der Waals surface area contributed by atoms with E-state index in [2.05, 4.69) is 9.98 Å². The number of nitro groups is 1. The van der Waals surface area contributed by atoms with Gasteiger partial charge < -0.3 is 16.4 Å². The minimum atomic E-state index is -0.489. The van der Waals surface area contributed by atoms with E-state index in [-0.39, 0.29) is 22.1 Å². The Kier molecular flexibility index (Phi) is 5.59. The maximum absolute atomic E-state index is 10.5. The molecule has 0 unspecified atom stereocenters. The summed E-state index contributed by atoms with van der Waals surface area (Å²) in [5.74, 6) is 0. The van der Waals surface area contributed by atoms with Crippen LogP contribution in [0.3, 0.4) is 0 Å². The normalized spacial score (nSPS) is 13.8. The van der Waals surface area contributed by atoms with Gasteiger partial charge in [0, 0.05) is 12.1 Å². The number of hydrogen-bond acceptors (Lipinski definition) is 4. The smallest absolute Gasteiger partial charge is 0.271 e. The summed E-state index contributed by atoms with van der Waals surface area (Å²) in [6.45, 7) is 3.72. The maximum atomic E-state index is 10.5. The van der Waals surface area contributed by atoms with Gasteiger partial charge in [-0.1, -0.05) is 0 Å². The lowest BCUT2D eigenvalue weighted by molar-refractivity contribution is -0.385. The van der Waals surface area contributed by atoms with Crippen molar-refractivity contribution < 1.29 is 21.4 Å². The SMILES string of the molecule is CC1(C)N=c2ccc([N+](=O)[O-])cc2=N1.O.O.O. The second-order valence-corrected chi connectivity index (χ2v) is 3.65. The standard InChI is InChI=1S/C9H9N3O2.3H2O/c1-9(2)10-7-4-3-6(12(13)14)5-8(7)11-9;;;/h3-5H,1-2H3;3*1H2. The van der Waals surface area contributed by atoms with E-state index >= 15 is 0 Å². The van der Waals surface area contributed by atoms with Crippen molar-refractivity contribution in [3.8, 4) is 0 Å². The van der Waals surface area contributed by atoms with Crippen molar-refractivity contribution in [3.63, 3.8) is 0 Å². The number of nitrogens with zero attached hydrogens (tertiary/aromatic N) is 3. The van der Waals surface area contributed by atoms with E-state index in [0.717, 1.165) is 5.36 Å². The van der Waals surface area contributed by atoms with E-state index in [1.165, 1.54) is 12.1 Å². The van der Waals surface area contributed by atoms with Gasteiger partial charge in [0.25, 0.3) is 5.69 Å². The van der Waals surface area contributed by atoms with Crippen molar-refractivity contribution in [2.45, 2.75) is 19.5 Å². The van der Waals surface area contributed by atoms with Crippen LogP contribution in [0, 0.1) is 10.1 Å². The van der Waals surface area contributed by atoms with Crippen LogP contribution >= 0.6 is 0 Å². The Morgan fingerprint density at radius 2 is 1.65 bits per heavy atom. The number of hydrogen-bond donors (Lipinski definition) is 0. The van der Waals surface area contributed by atoms with Gasteiger partial charge in [-0.25, -0.2) is 0 Å². The highest BCUT2D eigenvalue weighted by atomic mass is 16.6. The molecule has 0 spiro atoms. The third-order valence-electron chi connectivity index (χ3n) is 1.96. The van der Waals surface area contributed by atoms with Gasteiger partial charge in [-0.15, -0.1) is 0 Å². The van der Waals surface area contributed by atoms with Crippen LogP contribution in [0.5, 0.6) is 0 Å². The molecule has 0 atom stereocenters. The van der Waals surface area contributed by atoms with Crippen molar-refractivity contribution in [1.29, 1.82) is 0 Å². The highest BCUT2D eigenvalue weighted by molar-refractivity contribution is 5.29. The van der Waals surface area contributed by atoms with Gasteiger partial charge in [-0.2, -0.15) is 0 Å². The van der Waals surface area contributed by atoms with Crippen LogP contribution in [0.2, 0.25) is 0 Å². The Morgan fingerprint density at radius 1 is 1.12 bits per heavy atom. The van der Waals surface area contributed by atoms with Crippen LogP contribution in [-0.4, -0.2) is 27.0 Å². The van der Waals surface area contributed by atoms with E-state index in [9.17, 15) is 10.1 Å². The van der Waals surface area contributed by atoms with Crippen LogP contribution in [0.4, 0.5) is 5.69 Å². The molecular formula is C9H15N3O5. The molecule has 6 N–H and O–H groups in total. The molecule has 8 nitrogen and oxygen atoms in total. The fourth-order valence-electron chi connectivity index (χ4n) is 1.42. The molecule has 96 valence electrons. The van der Waals surface area contributed by atoms with Crippen LogP contribution in [0.15, 0.2) is 28.2 Å². The third-order valence-corrected chi connectivity index (χ3v) is 1.96. The molecule has 1 aliphatic heterocycles. The molecule has 0 fully saturated rings. The molecule has 1 aromatic rings. The second-order valence-electron chi connectivity index (χ2n) is 3.65. The van der Waals surface area contributed by atoms with E-state index in [4.69, 9.17) is 0 Å². The Morgan fingerprint density at radius 3 is 2.18 bits per heavy atom. The van der Waals surface area contributed by atoms with Crippen LogP contribution in [-0.2, 0) is 0 Å². The van der Waals surface area contributed by atoms with E-state index < -0.39 is 10.6 Å². The van der Waals surface area contributed by atoms with E-state index in [1.807, 2.05) is 13.8 Å². The fourth-order valence-corrected chi connectivity index (χ4v) is 1.42. The number of rotatable bonds is 1. The summed E-state index contributed by atoms with van der Waals surface area (Å²) >= 11 is 0. The summed E-state index contributed by atoms with van der Waals surface area (Å²) in [7, 11) is 0. The first-order chi connectivity index (χ1) is 6.48. The number of fused-ring (bicyclic) bond motifs is 1. The average Bonchev–Trinajstić information content (AvgIpc) is 2.36. The molecule has 8 heteroatoms. The molecule has 1 heterocycles. The zero-order chi connectivity index (χ0) is 10.3. The molecule has 2 rings (SSSR count). The molecule has 0 radical (unpaired) electrons. The molecule has 0 aromatic heterocycles. The number of nitro benzene ring substituents is 1. The van der Waals surface area contributed by atoms with E-state index in [1.54, 1.807) is 6.07 Å². The lowest BCUT2D eigenvalue weighted by atomic mass is 10.3. The van der Waals surface area contributed by atoms with Crippen LogP contribution in [0.25, 0.3) is 0 Å². The molecule has 1 aromatic carbocycles. The van der Waals surface area contributed by atoms with Gasteiger partial charge in [-0.05, 0) is 19.9 Å². The highest BCUT2D eigenvalue weighted by Gasteiger charge is 2.19. The van der Waals surface area contributed by atoms with Crippen molar-refractivity contribution in [2.75, 3.05) is 0 Å². The summed E-state index contributed by atoms with van der Waals surface area (Å²) in [6.07, 6.45) is 0.